The molecule has 7 nitrogen and oxygen atoms in total. The van der Waals surface area contributed by atoms with Crippen molar-refractivity contribution in [2.24, 2.45) is 0 Å². The Labute approximate surface area is 224 Å². The molecule has 37 heavy (non-hydrogen) atoms. The number of benzene rings is 2. The summed E-state index contributed by atoms with van der Waals surface area (Å²) in [6.07, 6.45) is 1.50. The lowest BCUT2D eigenvalue weighted by atomic mass is 9.85. The van der Waals surface area contributed by atoms with Gasteiger partial charge >= 0.3 is 0 Å². The largest absolute Gasteiger partial charge is 0.468 e. The highest BCUT2D eigenvalue weighted by Gasteiger charge is 2.36. The van der Waals surface area contributed by atoms with E-state index in [0.29, 0.717) is 38.3 Å². The van der Waals surface area contributed by atoms with Gasteiger partial charge in [-0.25, -0.2) is 0 Å². The molecule has 1 unspecified atom stereocenters. The number of allylic oxidation sites excluding steroid dienone is 2. The van der Waals surface area contributed by atoms with E-state index in [2.05, 4.69) is 22.0 Å². The zero-order valence-corrected chi connectivity index (χ0v) is 22.1. The summed E-state index contributed by atoms with van der Waals surface area (Å²) in [5.74, 6) is -0.786. The van der Waals surface area contributed by atoms with E-state index in [1.807, 2.05) is 32.0 Å². The highest BCUT2D eigenvalue weighted by atomic mass is 35.5. The van der Waals surface area contributed by atoms with Gasteiger partial charge in [-0.05, 0) is 74.4 Å². The molecule has 0 fully saturated rings. The van der Waals surface area contributed by atoms with Crippen molar-refractivity contribution in [1.29, 1.82) is 5.26 Å². The van der Waals surface area contributed by atoms with Crippen LogP contribution in [0.4, 0.5) is 11.4 Å². The van der Waals surface area contributed by atoms with Crippen LogP contribution in [0.3, 0.4) is 0 Å². The summed E-state index contributed by atoms with van der Waals surface area (Å²) >= 11 is 7.16. The summed E-state index contributed by atoms with van der Waals surface area (Å²) < 4.78 is 5.64. The number of dihydropyridines is 1. The molecule has 2 aromatic carbocycles. The highest BCUT2D eigenvalue weighted by molar-refractivity contribution is 8.03. The normalized spacial score (nSPS) is 15.2. The predicted octanol–water partition coefficient (Wildman–Crippen LogP) is 6.26. The first kappa shape index (κ1) is 26.1. The first-order valence-electron chi connectivity index (χ1n) is 11.5. The van der Waals surface area contributed by atoms with Gasteiger partial charge in [-0.15, -0.1) is 0 Å². The van der Waals surface area contributed by atoms with Crippen molar-refractivity contribution in [3.63, 3.8) is 0 Å². The summed E-state index contributed by atoms with van der Waals surface area (Å²) in [6.45, 7) is 5.70. The number of carbonyl (C=O) groups excluding carboxylic acids is 2. The number of anilines is 2. The lowest BCUT2D eigenvalue weighted by Gasteiger charge is -2.28. The van der Waals surface area contributed by atoms with Gasteiger partial charge in [0.05, 0.1) is 40.2 Å². The van der Waals surface area contributed by atoms with Crippen molar-refractivity contribution in [1.82, 2.24) is 5.32 Å². The number of nitriles is 1. The molecular formula is C28H25ClN4O3S. The minimum absolute atomic E-state index is 0.0748. The summed E-state index contributed by atoms with van der Waals surface area (Å²) in [5.41, 5.74) is 4.62. The van der Waals surface area contributed by atoms with Gasteiger partial charge in [0.25, 0.3) is 5.91 Å². The fourth-order valence-corrected chi connectivity index (χ4v) is 5.03. The van der Waals surface area contributed by atoms with Crippen LogP contribution in [0.1, 0.15) is 29.7 Å². The van der Waals surface area contributed by atoms with Gasteiger partial charge in [0.2, 0.25) is 5.91 Å². The van der Waals surface area contributed by atoms with E-state index >= 15 is 0 Å². The molecule has 0 spiro atoms. The van der Waals surface area contributed by atoms with Gasteiger partial charge in [-0.3, -0.25) is 9.59 Å². The zero-order chi connectivity index (χ0) is 26.5. The maximum Gasteiger partial charge on any atom is 0.254 e. The zero-order valence-electron chi connectivity index (χ0n) is 20.5. The van der Waals surface area contributed by atoms with E-state index in [1.54, 1.807) is 43.3 Å². The smallest absolute Gasteiger partial charge is 0.254 e. The van der Waals surface area contributed by atoms with Crippen LogP contribution >= 0.6 is 23.4 Å². The molecule has 3 aromatic rings. The average Bonchev–Trinajstić information content (AvgIpc) is 3.41. The lowest BCUT2D eigenvalue weighted by Crippen LogP contribution is -2.31. The Morgan fingerprint density at radius 2 is 1.84 bits per heavy atom. The van der Waals surface area contributed by atoms with E-state index in [4.69, 9.17) is 16.0 Å². The minimum Gasteiger partial charge on any atom is -0.468 e. The summed E-state index contributed by atoms with van der Waals surface area (Å²) in [7, 11) is 0. The number of nitrogens with zero attached hydrogens (tertiary/aromatic N) is 1. The standard InChI is InChI=1S/C28H25ClN4O3S/c1-16-6-4-7-22(17(16)2)33-24(34)15-37-28-21(14-30)26(23-8-5-13-36-23)25(18(3)31-28)27(35)32-20-11-9-19(29)10-12-20/h4-13,26,31H,15H2,1-3H3,(H,32,35)(H,33,34). The van der Waals surface area contributed by atoms with E-state index in [9.17, 15) is 14.9 Å². The average molecular weight is 533 g/mol. The number of halogens is 1. The van der Waals surface area contributed by atoms with Crippen LogP contribution in [0, 0.1) is 25.2 Å². The monoisotopic (exact) mass is 532 g/mol. The number of thioether (sulfide) groups is 1. The maximum absolute atomic E-state index is 13.4. The summed E-state index contributed by atoms with van der Waals surface area (Å²) in [4.78, 5) is 26.1. The number of hydrogen-bond donors (Lipinski definition) is 3. The third-order valence-corrected chi connectivity index (χ3v) is 7.32. The van der Waals surface area contributed by atoms with Crippen molar-refractivity contribution in [2.45, 2.75) is 26.7 Å². The quantitative estimate of drug-likeness (QED) is 0.331. The van der Waals surface area contributed by atoms with Crippen LogP contribution in [-0.4, -0.2) is 17.6 Å². The Hall–Kier alpha value is -3.93. The van der Waals surface area contributed by atoms with Gasteiger partial charge in [0.1, 0.15) is 5.76 Å². The molecule has 9 heteroatoms. The van der Waals surface area contributed by atoms with Crippen molar-refractivity contribution in [3.05, 3.63) is 105 Å². The molecule has 3 N–H and O–H groups in total. The third kappa shape index (κ3) is 5.91. The number of nitrogens with one attached hydrogen (secondary N) is 3. The molecule has 1 aliphatic heterocycles. The first-order valence-corrected chi connectivity index (χ1v) is 12.9. The van der Waals surface area contributed by atoms with E-state index in [1.165, 1.54) is 18.0 Å². The van der Waals surface area contributed by atoms with Crippen LogP contribution in [0.25, 0.3) is 0 Å². The Morgan fingerprint density at radius 3 is 2.51 bits per heavy atom. The topological polar surface area (TPSA) is 107 Å². The molecule has 1 aromatic heterocycles. The van der Waals surface area contributed by atoms with E-state index < -0.39 is 5.92 Å². The minimum atomic E-state index is -0.738. The van der Waals surface area contributed by atoms with Crippen LogP contribution in [0.15, 0.2) is 87.1 Å². The molecule has 2 heterocycles. The molecule has 0 bridgehead atoms. The van der Waals surface area contributed by atoms with Crippen LogP contribution in [0.5, 0.6) is 0 Å². The number of furan rings is 1. The number of carbonyl (C=O) groups is 2. The van der Waals surface area contributed by atoms with Crippen LogP contribution in [-0.2, 0) is 9.59 Å². The van der Waals surface area contributed by atoms with Gasteiger partial charge in [-0.1, -0.05) is 35.5 Å². The van der Waals surface area contributed by atoms with Crippen molar-refractivity contribution >= 4 is 46.6 Å². The maximum atomic E-state index is 13.4. The number of rotatable bonds is 7. The Kier molecular flexibility index (Phi) is 8.07. The predicted molar refractivity (Wildman–Crippen MR) is 147 cm³/mol. The molecule has 1 atom stereocenters. The molecular weight excluding hydrogens is 508 g/mol. The van der Waals surface area contributed by atoms with Gasteiger partial charge in [-0.2, -0.15) is 5.26 Å². The summed E-state index contributed by atoms with van der Waals surface area (Å²) in [6, 6.07) is 18.2. The molecule has 0 saturated carbocycles. The Morgan fingerprint density at radius 1 is 1.08 bits per heavy atom. The van der Waals surface area contributed by atoms with Crippen LogP contribution < -0.4 is 16.0 Å². The fourth-order valence-electron chi connectivity index (χ4n) is 4.01. The Bertz CT molecular complexity index is 1440. The molecule has 0 saturated heterocycles. The second kappa shape index (κ2) is 11.4. The first-order chi connectivity index (χ1) is 17.8. The van der Waals surface area contributed by atoms with Crippen molar-refractivity contribution in [3.8, 4) is 6.07 Å². The fraction of sp³-hybridized carbons (Fsp3) is 0.179. The molecule has 2 amide bonds. The molecule has 0 aliphatic carbocycles. The third-order valence-electron chi connectivity index (χ3n) is 6.05. The summed E-state index contributed by atoms with van der Waals surface area (Å²) in [5, 5.41) is 20.2. The second-order valence-electron chi connectivity index (χ2n) is 8.51. The molecule has 188 valence electrons. The number of amides is 2. The molecule has 4 rings (SSSR count). The van der Waals surface area contributed by atoms with Crippen molar-refractivity contribution < 1.29 is 14.0 Å². The van der Waals surface area contributed by atoms with Gasteiger partial charge in [0, 0.05) is 22.1 Å². The van der Waals surface area contributed by atoms with Crippen LogP contribution in [0.2, 0.25) is 5.02 Å². The van der Waals surface area contributed by atoms with E-state index in [-0.39, 0.29) is 17.6 Å². The van der Waals surface area contributed by atoms with Gasteiger partial charge in [0.15, 0.2) is 0 Å². The number of hydrogen-bond acceptors (Lipinski definition) is 6. The molecule has 0 radical (unpaired) electrons. The van der Waals surface area contributed by atoms with Gasteiger partial charge < -0.3 is 20.4 Å². The van der Waals surface area contributed by atoms with Crippen molar-refractivity contribution in [2.75, 3.05) is 16.4 Å². The Balaban J connectivity index is 1.58. The highest BCUT2D eigenvalue weighted by Crippen LogP contribution is 2.41. The second-order valence-corrected chi connectivity index (χ2v) is 9.93. The van der Waals surface area contributed by atoms with E-state index in [0.717, 1.165) is 16.8 Å². The molecule has 1 aliphatic rings. The SMILES string of the molecule is CC1=C(C(=O)Nc2ccc(Cl)cc2)C(c2ccco2)C(C#N)=C(SCC(=O)Nc2cccc(C)c2C)N1. The number of aryl methyl sites for hydroxylation is 1. The lowest BCUT2D eigenvalue weighted by molar-refractivity contribution is -0.114.